The largest absolute Gasteiger partial charge is 0.462 e. The van der Waals surface area contributed by atoms with E-state index in [0.29, 0.717) is 12.8 Å². The molecule has 0 aliphatic heterocycles. The number of hydrogen-bond donors (Lipinski definition) is 1. The van der Waals surface area contributed by atoms with Gasteiger partial charge >= 0.3 is 11.9 Å². The van der Waals surface area contributed by atoms with Gasteiger partial charge in [-0.1, -0.05) is 376 Å². The minimum atomic E-state index is -0.772. The van der Waals surface area contributed by atoms with E-state index >= 15 is 0 Å². The van der Waals surface area contributed by atoms with Crippen LogP contribution in [0.5, 0.6) is 0 Å². The Morgan fingerprint density at radius 1 is 0.300 bits per heavy atom. The van der Waals surface area contributed by atoms with E-state index in [2.05, 4.69) is 74.6 Å². The third kappa shape index (κ3) is 68.1. The number of aliphatic hydroxyl groups excluding tert-OH is 1. The normalized spacial score (nSPS) is 12.5. The Morgan fingerprint density at radius 3 is 0.812 bits per heavy atom. The maximum absolute atomic E-state index is 12.4. The molecule has 0 spiro atoms. The number of esters is 2. The number of ether oxygens (including phenoxy) is 2. The molecule has 0 aromatic carbocycles. The van der Waals surface area contributed by atoms with Crippen LogP contribution in [-0.2, 0) is 19.1 Å². The lowest BCUT2D eigenvalue weighted by molar-refractivity contribution is -0.161. The van der Waals surface area contributed by atoms with Crippen molar-refractivity contribution >= 4 is 11.9 Å². The molecular formula is C75H138O5. The summed E-state index contributed by atoms with van der Waals surface area (Å²) in [5.74, 6) is -0.569. The van der Waals surface area contributed by atoms with E-state index in [1.807, 2.05) is 0 Å². The van der Waals surface area contributed by atoms with Gasteiger partial charge < -0.3 is 14.6 Å². The highest BCUT2D eigenvalue weighted by molar-refractivity contribution is 5.70. The molecule has 0 rings (SSSR count). The van der Waals surface area contributed by atoms with Gasteiger partial charge in [-0.05, 0) is 57.8 Å². The lowest BCUT2D eigenvalue weighted by Gasteiger charge is -2.15. The molecule has 0 aliphatic carbocycles. The molecule has 0 radical (unpaired) electrons. The summed E-state index contributed by atoms with van der Waals surface area (Å²) in [6.45, 7) is 4.09. The highest BCUT2D eigenvalue weighted by Crippen LogP contribution is 2.19. The number of carbonyl (C=O) groups excluding carboxylic acids is 2. The SMILES string of the molecule is CC/C=C\C/C=C\C/C=C\C/C=C\C/C=C\CCCCCCCCCCCCCCCCCCCC(=O)OC(CO)COC(=O)CCCCCCCCCCCCCCCCCCCCCCCCCCCCCCCCCCC. The summed E-state index contributed by atoms with van der Waals surface area (Å²) in [7, 11) is 0. The zero-order valence-corrected chi connectivity index (χ0v) is 53.9. The number of carbonyl (C=O) groups is 2. The summed E-state index contributed by atoms with van der Waals surface area (Å²) in [5, 5.41) is 9.71. The van der Waals surface area contributed by atoms with Gasteiger partial charge in [-0.25, -0.2) is 0 Å². The number of hydrogen-bond acceptors (Lipinski definition) is 5. The first-order valence-electron chi connectivity index (χ1n) is 35.8. The maximum Gasteiger partial charge on any atom is 0.306 e. The highest BCUT2D eigenvalue weighted by atomic mass is 16.6. The van der Waals surface area contributed by atoms with Crippen molar-refractivity contribution in [2.75, 3.05) is 13.2 Å². The molecule has 0 aromatic heterocycles. The van der Waals surface area contributed by atoms with Gasteiger partial charge in [0.05, 0.1) is 6.61 Å². The standard InChI is InChI=1S/C75H138O5/c1-3-5-7-9-11-13-15-17-19-21-23-25-27-29-31-33-35-37-39-41-43-45-47-49-51-53-55-57-59-61-63-65-67-69-74(77)79-72-73(71-76)80-75(78)70-68-66-64-62-60-58-56-54-52-50-48-46-44-42-40-38-36-34-32-30-28-26-24-22-20-18-16-14-12-10-8-6-4-2/h6,8,12,14,18,20,24,26,30,32,73,76H,3-5,7,9-11,13,15-17,19,21-23,25,27-29,31,33-72H2,1-2H3/b8-6-,14-12-,20-18-,26-24-,32-30-. The van der Waals surface area contributed by atoms with Crippen LogP contribution < -0.4 is 0 Å². The fraction of sp³-hybridized carbons (Fsp3) is 0.840. The molecule has 80 heavy (non-hydrogen) atoms. The van der Waals surface area contributed by atoms with Crippen molar-refractivity contribution in [3.63, 3.8) is 0 Å². The fourth-order valence-electron chi connectivity index (χ4n) is 11.0. The molecule has 1 atom stereocenters. The molecular weight excluding hydrogens is 981 g/mol. The van der Waals surface area contributed by atoms with Crippen LogP contribution >= 0.6 is 0 Å². The van der Waals surface area contributed by atoms with Crippen LogP contribution in [0.4, 0.5) is 0 Å². The Morgan fingerprint density at radius 2 is 0.537 bits per heavy atom. The summed E-state index contributed by atoms with van der Waals surface area (Å²) in [5.41, 5.74) is 0. The Balaban J connectivity index is 3.39. The van der Waals surface area contributed by atoms with Gasteiger partial charge in [-0.3, -0.25) is 9.59 Å². The molecule has 1 N–H and O–H groups in total. The Bertz CT molecular complexity index is 1360. The number of unbranched alkanes of at least 4 members (excludes halogenated alkanes) is 49. The van der Waals surface area contributed by atoms with Crippen LogP contribution in [-0.4, -0.2) is 36.4 Å². The first-order chi connectivity index (χ1) is 39.6. The van der Waals surface area contributed by atoms with E-state index in [9.17, 15) is 14.7 Å². The van der Waals surface area contributed by atoms with Crippen LogP contribution in [0.1, 0.15) is 386 Å². The monoisotopic (exact) mass is 1120 g/mol. The van der Waals surface area contributed by atoms with E-state index < -0.39 is 6.10 Å². The maximum atomic E-state index is 12.4. The number of rotatable bonds is 67. The second-order valence-corrected chi connectivity index (χ2v) is 24.3. The average molecular weight is 1120 g/mol. The van der Waals surface area contributed by atoms with Gasteiger partial charge in [0.15, 0.2) is 6.10 Å². The number of aliphatic hydroxyl groups is 1. The lowest BCUT2D eigenvalue weighted by Crippen LogP contribution is -2.28. The minimum absolute atomic E-state index is 0.0609. The molecule has 5 heteroatoms. The van der Waals surface area contributed by atoms with E-state index in [1.54, 1.807) is 0 Å². The first-order valence-corrected chi connectivity index (χ1v) is 35.8. The smallest absolute Gasteiger partial charge is 0.306 e. The first kappa shape index (κ1) is 77.6. The summed E-state index contributed by atoms with van der Waals surface area (Å²) in [4.78, 5) is 24.7. The van der Waals surface area contributed by atoms with Gasteiger partial charge in [0.2, 0.25) is 0 Å². The average Bonchev–Trinajstić information content (AvgIpc) is 3.46. The van der Waals surface area contributed by atoms with Crippen molar-refractivity contribution in [2.45, 2.75) is 392 Å². The molecule has 0 aliphatic rings. The predicted octanol–water partition coefficient (Wildman–Crippen LogP) is 24.9. The summed E-state index contributed by atoms with van der Waals surface area (Å²) >= 11 is 0. The molecule has 0 amide bonds. The van der Waals surface area contributed by atoms with E-state index in [0.717, 1.165) is 64.2 Å². The third-order valence-electron chi connectivity index (χ3n) is 16.3. The van der Waals surface area contributed by atoms with E-state index in [-0.39, 0.29) is 25.2 Å². The van der Waals surface area contributed by atoms with Crippen LogP contribution in [0.15, 0.2) is 60.8 Å². The summed E-state index contributed by atoms with van der Waals surface area (Å²) in [6, 6.07) is 0. The number of allylic oxidation sites excluding steroid dienone is 10. The van der Waals surface area contributed by atoms with Gasteiger partial charge in [0.1, 0.15) is 6.61 Å². The molecule has 0 bridgehead atoms. The second kappa shape index (κ2) is 70.9. The van der Waals surface area contributed by atoms with E-state index in [4.69, 9.17) is 9.47 Å². The molecule has 5 nitrogen and oxygen atoms in total. The third-order valence-corrected chi connectivity index (χ3v) is 16.3. The molecule has 1 unspecified atom stereocenters. The quantitative estimate of drug-likeness (QED) is 0.0373. The zero-order valence-electron chi connectivity index (χ0n) is 53.9. The molecule has 468 valence electrons. The Labute approximate surface area is 500 Å². The van der Waals surface area contributed by atoms with Crippen LogP contribution in [0, 0.1) is 0 Å². The van der Waals surface area contributed by atoms with Crippen molar-refractivity contribution in [3.05, 3.63) is 60.8 Å². The van der Waals surface area contributed by atoms with Crippen molar-refractivity contribution in [2.24, 2.45) is 0 Å². The minimum Gasteiger partial charge on any atom is -0.462 e. The molecule has 0 fully saturated rings. The second-order valence-electron chi connectivity index (χ2n) is 24.3. The Kier molecular flexibility index (Phi) is 68.7. The van der Waals surface area contributed by atoms with E-state index in [1.165, 1.54) is 295 Å². The van der Waals surface area contributed by atoms with Gasteiger partial charge in [-0.2, -0.15) is 0 Å². The fourth-order valence-corrected chi connectivity index (χ4v) is 11.0. The van der Waals surface area contributed by atoms with Crippen molar-refractivity contribution in [3.8, 4) is 0 Å². The molecule has 0 aromatic rings. The van der Waals surface area contributed by atoms with Crippen LogP contribution in [0.2, 0.25) is 0 Å². The van der Waals surface area contributed by atoms with Crippen molar-refractivity contribution in [1.82, 2.24) is 0 Å². The summed E-state index contributed by atoms with van der Waals surface area (Å²) in [6.07, 6.45) is 97.0. The van der Waals surface area contributed by atoms with Gasteiger partial charge in [0.25, 0.3) is 0 Å². The van der Waals surface area contributed by atoms with Gasteiger partial charge in [-0.15, -0.1) is 0 Å². The summed E-state index contributed by atoms with van der Waals surface area (Å²) < 4.78 is 10.8. The Hall–Kier alpha value is -2.40. The molecule has 0 saturated heterocycles. The molecule has 0 saturated carbocycles. The van der Waals surface area contributed by atoms with Gasteiger partial charge in [0, 0.05) is 12.8 Å². The lowest BCUT2D eigenvalue weighted by atomic mass is 10.0. The zero-order chi connectivity index (χ0) is 57.6. The van der Waals surface area contributed by atoms with Crippen molar-refractivity contribution < 1.29 is 24.2 Å². The highest BCUT2D eigenvalue weighted by Gasteiger charge is 2.16. The topological polar surface area (TPSA) is 72.8 Å². The molecule has 0 heterocycles. The predicted molar refractivity (Wildman–Crippen MR) is 353 cm³/mol. The van der Waals surface area contributed by atoms with Crippen molar-refractivity contribution in [1.29, 1.82) is 0 Å². The van der Waals surface area contributed by atoms with Crippen LogP contribution in [0.3, 0.4) is 0 Å². The van der Waals surface area contributed by atoms with Crippen LogP contribution in [0.25, 0.3) is 0 Å².